The molecule has 136 valence electrons. The second-order valence-corrected chi connectivity index (χ2v) is 6.35. The average molecular weight is 353 g/mol. The molecule has 0 saturated carbocycles. The van der Waals surface area contributed by atoms with E-state index in [1.165, 1.54) is 0 Å². The average Bonchev–Trinajstić information content (AvgIpc) is 3.19. The van der Waals surface area contributed by atoms with Crippen molar-refractivity contribution in [3.05, 3.63) is 53.0 Å². The van der Waals surface area contributed by atoms with Crippen molar-refractivity contribution in [2.24, 2.45) is 7.05 Å². The lowest BCUT2D eigenvalue weighted by atomic mass is 10.1. The van der Waals surface area contributed by atoms with Gasteiger partial charge in [0.2, 0.25) is 0 Å². The highest BCUT2D eigenvalue weighted by Gasteiger charge is 2.19. The number of amides is 1. The Morgan fingerprint density at radius 2 is 1.96 bits per heavy atom. The second-order valence-electron chi connectivity index (χ2n) is 6.35. The highest BCUT2D eigenvalue weighted by molar-refractivity contribution is 5.93. The maximum atomic E-state index is 12.7. The number of aryl methyl sites for hydroxylation is 2. The van der Waals surface area contributed by atoms with Crippen LogP contribution in [-0.2, 0) is 13.6 Å². The van der Waals surface area contributed by atoms with E-state index in [9.17, 15) is 4.79 Å². The fraction of sp³-hybridized carbons (Fsp3) is 0.316. The molecule has 0 bridgehead atoms. The SMILES string of the molecule is COc1ccc(CN(C)C(=O)c2cc(-c3c(C)nn(C)c3C)n[nH]2)cc1. The number of H-pyrrole nitrogens is 1. The Morgan fingerprint density at radius 3 is 2.54 bits per heavy atom. The van der Waals surface area contributed by atoms with Crippen LogP contribution in [0.25, 0.3) is 11.3 Å². The predicted octanol–water partition coefficient (Wildman–Crippen LogP) is 2.71. The first-order chi connectivity index (χ1) is 12.4. The van der Waals surface area contributed by atoms with E-state index in [-0.39, 0.29) is 5.91 Å². The van der Waals surface area contributed by atoms with E-state index in [0.717, 1.165) is 34.0 Å². The van der Waals surface area contributed by atoms with Gasteiger partial charge in [-0.15, -0.1) is 0 Å². The van der Waals surface area contributed by atoms with Crippen molar-refractivity contribution in [3.63, 3.8) is 0 Å². The molecule has 0 aliphatic rings. The zero-order valence-electron chi connectivity index (χ0n) is 15.7. The van der Waals surface area contributed by atoms with Crippen LogP contribution in [0, 0.1) is 13.8 Å². The highest BCUT2D eigenvalue weighted by Crippen LogP contribution is 2.25. The van der Waals surface area contributed by atoms with E-state index < -0.39 is 0 Å². The van der Waals surface area contributed by atoms with Gasteiger partial charge in [0, 0.05) is 31.9 Å². The summed E-state index contributed by atoms with van der Waals surface area (Å²) in [6.07, 6.45) is 0. The maximum Gasteiger partial charge on any atom is 0.271 e. The fourth-order valence-corrected chi connectivity index (χ4v) is 2.99. The summed E-state index contributed by atoms with van der Waals surface area (Å²) in [5, 5.41) is 11.6. The van der Waals surface area contributed by atoms with E-state index in [4.69, 9.17) is 4.74 Å². The summed E-state index contributed by atoms with van der Waals surface area (Å²) < 4.78 is 6.97. The minimum atomic E-state index is -0.112. The standard InChI is InChI=1S/C19H23N5O2/c1-12-18(13(2)24(4)22-12)16-10-17(21-20-16)19(25)23(3)11-14-6-8-15(26-5)9-7-14/h6-10H,11H2,1-5H3,(H,20,21). The molecule has 7 heteroatoms. The molecule has 0 fully saturated rings. The van der Waals surface area contributed by atoms with Gasteiger partial charge in [-0.1, -0.05) is 12.1 Å². The quantitative estimate of drug-likeness (QED) is 0.765. The summed E-state index contributed by atoms with van der Waals surface area (Å²) in [6, 6.07) is 9.45. The molecule has 2 aromatic heterocycles. The van der Waals surface area contributed by atoms with Gasteiger partial charge in [-0.05, 0) is 37.6 Å². The first-order valence-corrected chi connectivity index (χ1v) is 8.35. The largest absolute Gasteiger partial charge is 0.497 e. The molecule has 1 aromatic carbocycles. The minimum Gasteiger partial charge on any atom is -0.497 e. The zero-order valence-corrected chi connectivity index (χ0v) is 15.7. The molecular weight excluding hydrogens is 330 g/mol. The minimum absolute atomic E-state index is 0.112. The Kier molecular flexibility index (Phi) is 4.79. The Labute approximate surface area is 152 Å². The van der Waals surface area contributed by atoms with Crippen LogP contribution < -0.4 is 4.74 Å². The molecule has 7 nitrogen and oxygen atoms in total. The number of rotatable bonds is 5. The van der Waals surface area contributed by atoms with Crippen LogP contribution >= 0.6 is 0 Å². The summed E-state index contributed by atoms with van der Waals surface area (Å²) in [7, 11) is 5.30. The number of methoxy groups -OCH3 is 1. The Bertz CT molecular complexity index is 924. The number of aromatic nitrogens is 4. The Morgan fingerprint density at radius 1 is 1.27 bits per heavy atom. The van der Waals surface area contributed by atoms with Gasteiger partial charge in [-0.3, -0.25) is 14.6 Å². The molecule has 0 radical (unpaired) electrons. The van der Waals surface area contributed by atoms with Crippen LogP contribution in [0.1, 0.15) is 27.4 Å². The van der Waals surface area contributed by atoms with E-state index in [2.05, 4.69) is 15.3 Å². The van der Waals surface area contributed by atoms with E-state index in [0.29, 0.717) is 12.2 Å². The number of hydrogen-bond acceptors (Lipinski definition) is 4. The van der Waals surface area contributed by atoms with E-state index >= 15 is 0 Å². The number of carbonyl (C=O) groups is 1. The normalized spacial score (nSPS) is 10.8. The topological polar surface area (TPSA) is 76.0 Å². The number of hydrogen-bond donors (Lipinski definition) is 1. The van der Waals surface area contributed by atoms with Gasteiger partial charge in [-0.25, -0.2) is 0 Å². The fourth-order valence-electron chi connectivity index (χ4n) is 2.99. The molecule has 0 spiro atoms. The molecule has 0 aliphatic carbocycles. The lowest BCUT2D eigenvalue weighted by Crippen LogP contribution is -2.26. The van der Waals surface area contributed by atoms with Crippen LogP contribution in [0.3, 0.4) is 0 Å². The van der Waals surface area contributed by atoms with Crippen molar-refractivity contribution in [1.29, 1.82) is 0 Å². The lowest BCUT2D eigenvalue weighted by Gasteiger charge is -2.16. The molecule has 2 heterocycles. The van der Waals surface area contributed by atoms with Crippen LogP contribution in [0.4, 0.5) is 0 Å². The number of benzene rings is 1. The third-order valence-electron chi connectivity index (χ3n) is 4.50. The summed E-state index contributed by atoms with van der Waals surface area (Å²) in [6.45, 7) is 4.43. The summed E-state index contributed by atoms with van der Waals surface area (Å²) in [5.74, 6) is 0.682. The summed E-state index contributed by atoms with van der Waals surface area (Å²) >= 11 is 0. The molecular formula is C19H23N5O2. The predicted molar refractivity (Wildman–Crippen MR) is 99.1 cm³/mol. The molecule has 0 aliphatic heterocycles. The Hall–Kier alpha value is -3.09. The van der Waals surface area contributed by atoms with E-state index in [1.54, 1.807) is 25.1 Å². The number of aromatic amines is 1. The molecule has 3 aromatic rings. The first kappa shape index (κ1) is 17.7. The van der Waals surface area contributed by atoms with Crippen LogP contribution in [0.5, 0.6) is 5.75 Å². The van der Waals surface area contributed by atoms with Gasteiger partial charge >= 0.3 is 0 Å². The molecule has 0 atom stereocenters. The van der Waals surface area contributed by atoms with Crippen molar-refractivity contribution in [2.45, 2.75) is 20.4 Å². The van der Waals surface area contributed by atoms with Gasteiger partial charge in [-0.2, -0.15) is 10.2 Å². The zero-order chi connectivity index (χ0) is 18.8. The van der Waals surface area contributed by atoms with Crippen molar-refractivity contribution in [3.8, 4) is 17.0 Å². The van der Waals surface area contributed by atoms with Gasteiger partial charge in [0.05, 0.1) is 18.5 Å². The highest BCUT2D eigenvalue weighted by atomic mass is 16.5. The van der Waals surface area contributed by atoms with Crippen molar-refractivity contribution < 1.29 is 9.53 Å². The van der Waals surface area contributed by atoms with Crippen molar-refractivity contribution in [2.75, 3.05) is 14.2 Å². The summed E-state index contributed by atoms with van der Waals surface area (Å²) in [4.78, 5) is 14.4. The maximum absolute atomic E-state index is 12.7. The van der Waals surface area contributed by atoms with Crippen molar-refractivity contribution in [1.82, 2.24) is 24.9 Å². The van der Waals surface area contributed by atoms with Crippen LogP contribution in [-0.4, -0.2) is 44.9 Å². The third-order valence-corrected chi connectivity index (χ3v) is 4.50. The molecule has 1 N–H and O–H groups in total. The van der Waals surface area contributed by atoms with Gasteiger partial charge in [0.1, 0.15) is 11.4 Å². The van der Waals surface area contributed by atoms with Crippen LogP contribution in [0.15, 0.2) is 30.3 Å². The van der Waals surface area contributed by atoms with E-state index in [1.807, 2.05) is 49.8 Å². The van der Waals surface area contributed by atoms with Gasteiger partial charge in [0.25, 0.3) is 5.91 Å². The number of nitrogens with one attached hydrogen (secondary N) is 1. The number of nitrogens with zero attached hydrogens (tertiary/aromatic N) is 4. The molecule has 26 heavy (non-hydrogen) atoms. The molecule has 0 unspecified atom stereocenters. The first-order valence-electron chi connectivity index (χ1n) is 8.35. The molecule has 1 amide bonds. The third kappa shape index (κ3) is 3.33. The number of carbonyl (C=O) groups excluding carboxylic acids is 1. The van der Waals surface area contributed by atoms with Crippen molar-refractivity contribution >= 4 is 5.91 Å². The lowest BCUT2D eigenvalue weighted by molar-refractivity contribution is 0.0779. The monoisotopic (exact) mass is 353 g/mol. The smallest absolute Gasteiger partial charge is 0.271 e. The summed E-state index contributed by atoms with van der Waals surface area (Å²) in [5.41, 5.74) is 5.08. The molecule has 3 rings (SSSR count). The van der Waals surface area contributed by atoms with Crippen LogP contribution in [0.2, 0.25) is 0 Å². The van der Waals surface area contributed by atoms with Gasteiger partial charge in [0.15, 0.2) is 0 Å². The second kappa shape index (κ2) is 7.03. The molecule has 0 saturated heterocycles. The Balaban J connectivity index is 1.76. The number of ether oxygens (including phenoxy) is 1. The van der Waals surface area contributed by atoms with Gasteiger partial charge < -0.3 is 9.64 Å².